The number of anilines is 3. The van der Waals surface area contributed by atoms with Crippen LogP contribution in [0, 0.1) is 0 Å². The number of nitrogens with zero attached hydrogens (tertiary/aromatic N) is 4. The maximum atomic E-state index is 2.43. The first kappa shape index (κ1) is 45.5. The second kappa shape index (κ2) is 18.5. The number of benzene rings is 13. The van der Waals surface area contributed by atoms with Crippen molar-refractivity contribution in [3.8, 4) is 50.4 Å². The van der Waals surface area contributed by atoms with Crippen LogP contribution in [0.5, 0.6) is 0 Å². The maximum Gasteiger partial charge on any atom is 0.0547 e. The minimum absolute atomic E-state index is 1.07. The fourth-order valence-electron chi connectivity index (χ4n) is 12.8. The Morgan fingerprint density at radius 1 is 0.200 bits per heavy atom. The van der Waals surface area contributed by atoms with Gasteiger partial charge in [0.05, 0.1) is 38.8 Å². The molecule has 0 fully saturated rings. The van der Waals surface area contributed by atoms with Gasteiger partial charge in [0.25, 0.3) is 0 Å². The molecule has 4 heteroatoms. The monoisotopic (exact) mass is 1020 g/mol. The highest BCUT2D eigenvalue weighted by atomic mass is 15.1. The molecular formula is C76H50N4. The van der Waals surface area contributed by atoms with E-state index in [1.165, 1.54) is 98.4 Å². The molecule has 0 unspecified atom stereocenters. The smallest absolute Gasteiger partial charge is 0.0547 e. The molecule has 0 spiro atoms. The number of fused-ring (bicyclic) bond motifs is 10. The van der Waals surface area contributed by atoms with E-state index in [1.807, 2.05) is 0 Å². The van der Waals surface area contributed by atoms with Crippen molar-refractivity contribution in [3.63, 3.8) is 0 Å². The molecule has 0 saturated heterocycles. The zero-order valence-corrected chi connectivity index (χ0v) is 43.7. The first-order valence-corrected chi connectivity index (χ1v) is 27.5. The summed E-state index contributed by atoms with van der Waals surface area (Å²) in [7, 11) is 0. The molecule has 0 amide bonds. The van der Waals surface area contributed by atoms with E-state index in [2.05, 4.69) is 322 Å². The maximum absolute atomic E-state index is 2.43. The average molecular weight is 1020 g/mol. The van der Waals surface area contributed by atoms with Crippen LogP contribution in [0.15, 0.2) is 303 Å². The first-order valence-electron chi connectivity index (χ1n) is 27.5. The lowest BCUT2D eigenvalue weighted by atomic mass is 9.95. The number of para-hydroxylation sites is 6. The molecule has 80 heavy (non-hydrogen) atoms. The van der Waals surface area contributed by atoms with Gasteiger partial charge in [-0.3, -0.25) is 0 Å². The van der Waals surface area contributed by atoms with Crippen LogP contribution in [0.25, 0.3) is 127 Å². The van der Waals surface area contributed by atoms with E-state index in [9.17, 15) is 0 Å². The van der Waals surface area contributed by atoms with Crippen molar-refractivity contribution in [1.29, 1.82) is 0 Å². The highest BCUT2D eigenvalue weighted by Gasteiger charge is 2.21. The summed E-state index contributed by atoms with van der Waals surface area (Å²) in [5, 5.41) is 9.82. The Morgan fingerprint density at radius 2 is 0.550 bits per heavy atom. The van der Waals surface area contributed by atoms with Gasteiger partial charge in [-0.2, -0.15) is 0 Å². The molecule has 0 aliphatic rings. The van der Waals surface area contributed by atoms with Gasteiger partial charge in [-0.15, -0.1) is 0 Å². The summed E-state index contributed by atoms with van der Waals surface area (Å²) in [4.78, 5) is 2.43. The minimum Gasteiger partial charge on any atom is -0.310 e. The van der Waals surface area contributed by atoms with E-state index in [0.29, 0.717) is 0 Å². The largest absolute Gasteiger partial charge is 0.310 e. The molecule has 16 rings (SSSR count). The van der Waals surface area contributed by atoms with E-state index in [1.54, 1.807) is 0 Å². The summed E-state index contributed by atoms with van der Waals surface area (Å²) in [6.07, 6.45) is 0. The van der Waals surface area contributed by atoms with Crippen LogP contribution in [0.3, 0.4) is 0 Å². The van der Waals surface area contributed by atoms with Gasteiger partial charge < -0.3 is 18.6 Å². The quantitative estimate of drug-likeness (QED) is 0.141. The minimum atomic E-state index is 1.07. The predicted octanol–water partition coefficient (Wildman–Crippen LogP) is 20.6. The molecular weight excluding hydrogens is 969 g/mol. The summed E-state index contributed by atoms with van der Waals surface area (Å²) in [5.41, 5.74) is 20.9. The van der Waals surface area contributed by atoms with E-state index >= 15 is 0 Å². The van der Waals surface area contributed by atoms with Crippen LogP contribution in [0.2, 0.25) is 0 Å². The van der Waals surface area contributed by atoms with Crippen LogP contribution in [-0.2, 0) is 0 Å². The van der Waals surface area contributed by atoms with Crippen molar-refractivity contribution in [2.45, 2.75) is 0 Å². The Kier molecular flexibility index (Phi) is 10.5. The van der Waals surface area contributed by atoms with Gasteiger partial charge in [0.15, 0.2) is 0 Å². The molecule has 13 aromatic carbocycles. The van der Waals surface area contributed by atoms with Gasteiger partial charge in [0.1, 0.15) is 0 Å². The SMILES string of the molecule is c1ccc(-n2c3ccccc3c3cc(-c4ccc(N(c5ccc(-c6ccc7c8ccccc8n(-c8ccccc8)c7c6)cc5)c5ccc(-c6ccc7c8ccccc8n(-c8ccccc8)c7c6)c6ccccc56)cc4)ccc32)cc1. The summed E-state index contributed by atoms with van der Waals surface area (Å²) in [5.74, 6) is 0. The zero-order chi connectivity index (χ0) is 52.7. The van der Waals surface area contributed by atoms with Crippen molar-refractivity contribution in [2.75, 3.05) is 4.90 Å². The molecule has 0 saturated carbocycles. The van der Waals surface area contributed by atoms with Crippen LogP contribution < -0.4 is 4.90 Å². The highest BCUT2D eigenvalue weighted by molar-refractivity contribution is 6.14. The predicted molar refractivity (Wildman–Crippen MR) is 338 cm³/mol. The van der Waals surface area contributed by atoms with E-state index in [4.69, 9.17) is 0 Å². The third-order valence-electron chi connectivity index (χ3n) is 16.4. The fourth-order valence-corrected chi connectivity index (χ4v) is 12.8. The Labute approximate surface area is 463 Å². The molecule has 3 heterocycles. The molecule has 0 radical (unpaired) electrons. The number of aromatic nitrogens is 3. The topological polar surface area (TPSA) is 18.0 Å². The van der Waals surface area contributed by atoms with Crippen molar-refractivity contribution in [3.05, 3.63) is 303 Å². The Balaban J connectivity index is 0.834. The number of hydrogen-bond donors (Lipinski definition) is 0. The summed E-state index contributed by atoms with van der Waals surface area (Å²) >= 11 is 0. The molecule has 3 aromatic heterocycles. The lowest BCUT2D eigenvalue weighted by Crippen LogP contribution is -2.10. The molecule has 0 bridgehead atoms. The second-order valence-electron chi connectivity index (χ2n) is 20.9. The zero-order valence-electron chi connectivity index (χ0n) is 43.7. The van der Waals surface area contributed by atoms with Crippen molar-refractivity contribution in [1.82, 2.24) is 13.7 Å². The van der Waals surface area contributed by atoms with E-state index in [-0.39, 0.29) is 0 Å². The molecule has 0 atom stereocenters. The van der Waals surface area contributed by atoms with Gasteiger partial charge in [-0.25, -0.2) is 0 Å². The molecule has 0 aliphatic carbocycles. The highest BCUT2D eigenvalue weighted by Crippen LogP contribution is 2.45. The van der Waals surface area contributed by atoms with E-state index in [0.717, 1.165) is 45.3 Å². The van der Waals surface area contributed by atoms with Gasteiger partial charge in [0, 0.05) is 66.1 Å². The lowest BCUT2D eigenvalue weighted by molar-refractivity contribution is 1.18. The average Bonchev–Trinajstić information content (AvgIpc) is 4.32. The third kappa shape index (κ3) is 7.31. The Morgan fingerprint density at radius 3 is 1.06 bits per heavy atom. The van der Waals surface area contributed by atoms with Crippen LogP contribution in [0.1, 0.15) is 0 Å². The summed E-state index contributed by atoms with van der Waals surface area (Å²) in [6.45, 7) is 0. The molecule has 0 N–H and O–H groups in total. The number of hydrogen-bond acceptors (Lipinski definition) is 1. The molecule has 4 nitrogen and oxygen atoms in total. The van der Waals surface area contributed by atoms with Gasteiger partial charge in [-0.1, -0.05) is 194 Å². The van der Waals surface area contributed by atoms with Crippen molar-refractivity contribution < 1.29 is 0 Å². The lowest BCUT2D eigenvalue weighted by Gasteiger charge is -2.28. The van der Waals surface area contributed by atoms with Crippen molar-refractivity contribution >= 4 is 93.3 Å². The Bertz CT molecular complexity index is 5030. The molecule has 374 valence electrons. The first-order chi connectivity index (χ1) is 39.7. The normalized spacial score (nSPS) is 11.8. The second-order valence-corrected chi connectivity index (χ2v) is 20.9. The summed E-state index contributed by atoms with van der Waals surface area (Å²) in [6, 6.07) is 111. The van der Waals surface area contributed by atoms with Gasteiger partial charge in [-0.05, 0) is 148 Å². The van der Waals surface area contributed by atoms with Gasteiger partial charge in [0.2, 0.25) is 0 Å². The fraction of sp³-hybridized carbons (Fsp3) is 0. The van der Waals surface area contributed by atoms with Crippen LogP contribution in [-0.4, -0.2) is 13.7 Å². The van der Waals surface area contributed by atoms with Crippen molar-refractivity contribution in [2.24, 2.45) is 0 Å². The summed E-state index contributed by atoms with van der Waals surface area (Å²) < 4.78 is 7.18. The third-order valence-corrected chi connectivity index (χ3v) is 16.4. The van der Waals surface area contributed by atoms with E-state index < -0.39 is 0 Å². The van der Waals surface area contributed by atoms with Gasteiger partial charge >= 0.3 is 0 Å². The molecule has 16 aromatic rings. The Hall–Kier alpha value is -10.7. The molecule has 0 aliphatic heterocycles. The van der Waals surface area contributed by atoms with Crippen LogP contribution >= 0.6 is 0 Å². The van der Waals surface area contributed by atoms with Crippen LogP contribution in [0.4, 0.5) is 17.1 Å². The standard InChI is InChI=1S/C76H50N4/c1-4-18-56(19-5-1)78-72-31-17-14-28-66(72)69-48-53(38-46-74(69)78)51-32-39-59(40-33-51)77(60-41-34-52(35-42-60)54-36-43-67-64-26-12-15-29-70(64)79(75(67)49-54)57-20-6-2-7-21-57)73-47-45-61(62-24-10-11-25-63(62)73)55-37-44-68-65-27-13-16-30-71(65)80(76(68)50-55)58-22-8-3-9-23-58/h1-50H. The number of rotatable bonds is 9.